The second-order valence-electron chi connectivity index (χ2n) is 4.23. The van der Waals surface area contributed by atoms with Crippen LogP contribution in [0.4, 0.5) is 5.69 Å². The van der Waals surface area contributed by atoms with Crippen molar-refractivity contribution in [2.45, 2.75) is 6.92 Å². The van der Waals surface area contributed by atoms with Crippen LogP contribution in [0, 0.1) is 11.3 Å². The van der Waals surface area contributed by atoms with Crippen LogP contribution in [0.3, 0.4) is 0 Å². The lowest BCUT2D eigenvalue weighted by atomic mass is 10.1. The molecule has 22 heavy (non-hydrogen) atoms. The number of nitrogen functional groups attached to an aromatic ring is 1. The first-order valence-corrected chi connectivity index (χ1v) is 8.04. The molecule has 0 aliphatic rings. The molecule has 0 spiro atoms. The van der Waals surface area contributed by atoms with Gasteiger partial charge in [0.15, 0.2) is 12.4 Å². The zero-order chi connectivity index (χ0) is 16.1. The highest BCUT2D eigenvalue weighted by Crippen LogP contribution is 2.45. The summed E-state index contributed by atoms with van der Waals surface area (Å²) in [6, 6.07) is 9.40. The Kier molecular flexibility index (Phi) is 5.41. The minimum absolute atomic E-state index is 0.242. The lowest BCUT2D eigenvalue weighted by Crippen LogP contribution is -2.14. The van der Waals surface area contributed by atoms with E-state index in [1.807, 2.05) is 18.2 Å². The van der Waals surface area contributed by atoms with E-state index in [0.717, 1.165) is 10.4 Å². The molecule has 5 nitrogen and oxygen atoms in total. The molecule has 2 N–H and O–H groups in total. The Morgan fingerprint density at radius 3 is 2.91 bits per heavy atom. The number of nitriles is 1. The summed E-state index contributed by atoms with van der Waals surface area (Å²) in [4.78, 5) is 12.6. The van der Waals surface area contributed by atoms with Crippen LogP contribution in [0.25, 0.3) is 10.4 Å². The van der Waals surface area contributed by atoms with E-state index in [1.165, 1.54) is 11.3 Å². The summed E-state index contributed by atoms with van der Waals surface area (Å²) in [6.45, 7) is 1.76. The lowest BCUT2D eigenvalue weighted by molar-refractivity contribution is -0.145. The van der Waals surface area contributed by atoms with Gasteiger partial charge in [-0.1, -0.05) is 12.1 Å². The molecule has 1 aromatic carbocycles. The van der Waals surface area contributed by atoms with Crippen LogP contribution in [0.1, 0.15) is 11.8 Å². The Balaban J connectivity index is 2.32. The minimum atomic E-state index is -0.477. The first kappa shape index (κ1) is 16.3. The number of carbonyl (C=O) groups excluding carboxylic acids is 1. The molecule has 0 aliphatic carbocycles. The highest BCUT2D eigenvalue weighted by atomic mass is 79.9. The molecule has 0 bridgehead atoms. The van der Waals surface area contributed by atoms with Gasteiger partial charge in [0.2, 0.25) is 0 Å². The molecule has 0 amide bonds. The number of nitrogens with two attached hydrogens (primary N) is 1. The highest BCUT2D eigenvalue weighted by Gasteiger charge is 2.20. The molecule has 114 valence electrons. The van der Waals surface area contributed by atoms with Crippen molar-refractivity contribution in [2.24, 2.45) is 0 Å². The third kappa shape index (κ3) is 3.59. The van der Waals surface area contributed by atoms with E-state index in [4.69, 9.17) is 15.2 Å². The summed E-state index contributed by atoms with van der Waals surface area (Å²) in [7, 11) is 0. The number of rotatable bonds is 5. The van der Waals surface area contributed by atoms with E-state index in [0.29, 0.717) is 20.8 Å². The third-order valence-corrected chi connectivity index (χ3v) is 4.84. The van der Waals surface area contributed by atoms with Crippen molar-refractivity contribution in [2.75, 3.05) is 18.9 Å². The van der Waals surface area contributed by atoms with Gasteiger partial charge in [0, 0.05) is 5.69 Å². The topological polar surface area (TPSA) is 85.3 Å². The van der Waals surface area contributed by atoms with Gasteiger partial charge < -0.3 is 15.2 Å². The first-order chi connectivity index (χ1) is 10.6. The number of hydrogen-bond acceptors (Lipinski definition) is 6. The number of halogens is 1. The van der Waals surface area contributed by atoms with E-state index in [9.17, 15) is 10.1 Å². The molecular formula is C15H13BrN2O3S. The smallest absolute Gasteiger partial charge is 0.344 e. The fourth-order valence-corrected chi connectivity index (χ4v) is 3.64. The van der Waals surface area contributed by atoms with E-state index in [1.54, 1.807) is 13.0 Å². The SMILES string of the molecule is CCOC(=O)COc1c(C#N)sc(-c2cccc(N)c2)c1Br. The number of esters is 1. The van der Waals surface area contributed by atoms with Gasteiger partial charge in [-0.15, -0.1) is 11.3 Å². The van der Waals surface area contributed by atoms with Crippen molar-refractivity contribution < 1.29 is 14.3 Å². The molecular weight excluding hydrogens is 368 g/mol. The van der Waals surface area contributed by atoms with Gasteiger partial charge in [-0.05, 0) is 40.5 Å². The van der Waals surface area contributed by atoms with Crippen molar-refractivity contribution in [1.82, 2.24) is 0 Å². The normalized spacial score (nSPS) is 10.0. The van der Waals surface area contributed by atoms with Crippen LogP contribution in [0.5, 0.6) is 5.75 Å². The van der Waals surface area contributed by atoms with E-state index < -0.39 is 5.97 Å². The summed E-state index contributed by atoms with van der Waals surface area (Å²) in [5, 5.41) is 9.25. The lowest BCUT2D eigenvalue weighted by Gasteiger charge is -2.05. The van der Waals surface area contributed by atoms with E-state index in [-0.39, 0.29) is 13.2 Å². The summed E-state index contributed by atoms with van der Waals surface area (Å²) in [5.41, 5.74) is 7.29. The highest BCUT2D eigenvalue weighted by molar-refractivity contribution is 9.10. The van der Waals surface area contributed by atoms with Gasteiger partial charge in [0.1, 0.15) is 10.9 Å². The van der Waals surface area contributed by atoms with Crippen molar-refractivity contribution >= 4 is 38.9 Å². The fourth-order valence-electron chi connectivity index (χ4n) is 1.80. The maximum atomic E-state index is 11.4. The molecule has 0 atom stereocenters. The van der Waals surface area contributed by atoms with Gasteiger partial charge >= 0.3 is 5.97 Å². The molecule has 2 aromatic rings. The van der Waals surface area contributed by atoms with Gasteiger partial charge in [0.05, 0.1) is 16.0 Å². The molecule has 0 unspecified atom stereocenters. The summed E-state index contributed by atoms with van der Waals surface area (Å²) in [6.07, 6.45) is 0. The van der Waals surface area contributed by atoms with Crippen molar-refractivity contribution in [1.29, 1.82) is 5.26 Å². The van der Waals surface area contributed by atoms with Crippen LogP contribution >= 0.6 is 27.3 Å². The molecule has 2 rings (SSSR count). The fraction of sp³-hybridized carbons (Fsp3) is 0.200. The maximum absolute atomic E-state index is 11.4. The number of carbonyl (C=O) groups is 1. The second-order valence-corrected chi connectivity index (χ2v) is 6.05. The minimum Gasteiger partial charge on any atom is -0.478 e. The van der Waals surface area contributed by atoms with E-state index in [2.05, 4.69) is 22.0 Å². The van der Waals surface area contributed by atoms with Crippen LogP contribution in [0.15, 0.2) is 28.7 Å². The molecule has 0 aliphatic heterocycles. The van der Waals surface area contributed by atoms with Crippen LogP contribution < -0.4 is 10.5 Å². The van der Waals surface area contributed by atoms with Gasteiger partial charge in [-0.3, -0.25) is 0 Å². The van der Waals surface area contributed by atoms with Crippen LogP contribution in [0.2, 0.25) is 0 Å². The Morgan fingerprint density at radius 2 is 2.27 bits per heavy atom. The quantitative estimate of drug-likeness (QED) is 0.632. The average Bonchev–Trinajstić information content (AvgIpc) is 2.81. The summed E-state index contributed by atoms with van der Waals surface area (Å²) < 4.78 is 10.9. The molecule has 7 heteroatoms. The van der Waals surface area contributed by atoms with Crippen LogP contribution in [-0.2, 0) is 9.53 Å². The van der Waals surface area contributed by atoms with E-state index >= 15 is 0 Å². The number of thiophene rings is 1. The zero-order valence-electron chi connectivity index (χ0n) is 11.8. The van der Waals surface area contributed by atoms with Crippen molar-refractivity contribution in [3.8, 4) is 22.3 Å². The Morgan fingerprint density at radius 1 is 1.50 bits per heavy atom. The molecule has 0 saturated heterocycles. The van der Waals surface area contributed by atoms with Crippen LogP contribution in [-0.4, -0.2) is 19.2 Å². The van der Waals surface area contributed by atoms with Crippen molar-refractivity contribution in [3.05, 3.63) is 33.6 Å². The standard InChI is InChI=1S/C15H13BrN2O3S/c1-2-20-12(19)8-21-14-11(7-17)22-15(13(14)16)9-4-3-5-10(18)6-9/h3-6H,2,8,18H2,1H3. The van der Waals surface area contributed by atoms with Gasteiger partial charge in [0.25, 0.3) is 0 Å². The number of anilines is 1. The number of ether oxygens (including phenoxy) is 2. The largest absolute Gasteiger partial charge is 0.478 e. The number of hydrogen-bond donors (Lipinski definition) is 1. The Labute approximate surface area is 140 Å². The molecule has 0 saturated carbocycles. The Bertz CT molecular complexity index is 737. The number of nitrogens with zero attached hydrogens (tertiary/aromatic N) is 1. The average molecular weight is 381 g/mol. The number of benzene rings is 1. The molecule has 0 fully saturated rings. The summed E-state index contributed by atoms with van der Waals surface area (Å²) in [5.74, 6) is -0.132. The predicted octanol–water partition coefficient (Wildman–Crippen LogP) is 3.57. The molecule has 1 aromatic heterocycles. The zero-order valence-corrected chi connectivity index (χ0v) is 14.2. The molecule has 0 radical (unpaired) electrons. The monoisotopic (exact) mass is 380 g/mol. The van der Waals surface area contributed by atoms with Gasteiger partial charge in [-0.2, -0.15) is 5.26 Å². The molecule has 1 heterocycles. The predicted molar refractivity (Wildman–Crippen MR) is 88.7 cm³/mol. The second kappa shape index (κ2) is 7.29. The van der Waals surface area contributed by atoms with Crippen molar-refractivity contribution in [3.63, 3.8) is 0 Å². The Hall–Kier alpha value is -2.04. The third-order valence-electron chi connectivity index (χ3n) is 2.70. The summed E-state index contributed by atoms with van der Waals surface area (Å²) >= 11 is 4.71. The first-order valence-electron chi connectivity index (χ1n) is 6.43. The maximum Gasteiger partial charge on any atom is 0.344 e. The van der Waals surface area contributed by atoms with Gasteiger partial charge in [-0.25, -0.2) is 4.79 Å².